The summed E-state index contributed by atoms with van der Waals surface area (Å²) < 4.78 is 5.79. The van der Waals surface area contributed by atoms with Crippen molar-refractivity contribution in [2.45, 2.75) is 58.0 Å². The molecule has 4 amide bonds. The van der Waals surface area contributed by atoms with Crippen LogP contribution < -0.4 is 26.0 Å². The normalized spacial score (nSPS) is 19.8. The van der Waals surface area contributed by atoms with E-state index in [4.69, 9.17) is 4.74 Å². The van der Waals surface area contributed by atoms with Crippen molar-refractivity contribution in [3.63, 3.8) is 0 Å². The molecule has 200 valence electrons. The van der Waals surface area contributed by atoms with Gasteiger partial charge in [0.15, 0.2) is 0 Å². The number of rotatable bonds is 8. The highest BCUT2D eigenvalue weighted by Gasteiger charge is 2.28. The Bertz CT molecular complexity index is 889. The third-order valence-electron chi connectivity index (χ3n) is 5.71. The third-order valence-corrected chi connectivity index (χ3v) is 5.71. The highest BCUT2D eigenvalue weighted by Crippen LogP contribution is 2.18. The minimum Gasteiger partial charge on any atom is -0.493 e. The molecular formula is C26H41N5O5. The summed E-state index contributed by atoms with van der Waals surface area (Å²) in [7, 11) is 3.97. The van der Waals surface area contributed by atoms with Gasteiger partial charge in [-0.1, -0.05) is 26.0 Å². The standard InChI is InChI=1S/C26H41N5O5/c1-18(2)16-20-25(34)28-13-9-15-36-22-11-6-5-10-19(22)24(33)30-21(17-23(32)29-20)26(35)27-12-7-8-14-31(3)4/h5-6,10-11,18,20-21H,7-9,12-17H2,1-4H3,(H,27,35)(H,28,34)(H,29,32)(H,30,33)/t20-,21-/m0/s1. The lowest BCUT2D eigenvalue weighted by atomic mass is 10.0. The molecule has 0 aliphatic carbocycles. The van der Waals surface area contributed by atoms with Gasteiger partial charge in [0.25, 0.3) is 5.91 Å². The van der Waals surface area contributed by atoms with Crippen molar-refractivity contribution in [2.24, 2.45) is 5.92 Å². The lowest BCUT2D eigenvalue weighted by molar-refractivity contribution is -0.131. The van der Waals surface area contributed by atoms with Crippen molar-refractivity contribution < 1.29 is 23.9 Å². The van der Waals surface area contributed by atoms with E-state index in [1.165, 1.54) is 0 Å². The zero-order chi connectivity index (χ0) is 26.5. The van der Waals surface area contributed by atoms with E-state index in [0.717, 1.165) is 19.4 Å². The highest BCUT2D eigenvalue weighted by atomic mass is 16.5. The Balaban J connectivity index is 2.21. The summed E-state index contributed by atoms with van der Waals surface area (Å²) in [5, 5.41) is 11.1. The molecule has 1 aromatic carbocycles. The quantitative estimate of drug-likeness (QED) is 0.393. The smallest absolute Gasteiger partial charge is 0.255 e. The second-order valence-corrected chi connectivity index (χ2v) is 9.77. The molecule has 0 bridgehead atoms. The Morgan fingerprint density at radius 3 is 2.61 bits per heavy atom. The molecule has 2 atom stereocenters. The van der Waals surface area contributed by atoms with Gasteiger partial charge < -0.3 is 30.9 Å². The van der Waals surface area contributed by atoms with Crippen LogP contribution in [0.2, 0.25) is 0 Å². The molecule has 2 rings (SSSR count). The van der Waals surface area contributed by atoms with Crippen LogP contribution in [0, 0.1) is 5.92 Å². The molecule has 0 aromatic heterocycles. The van der Waals surface area contributed by atoms with Gasteiger partial charge >= 0.3 is 0 Å². The van der Waals surface area contributed by atoms with Crippen molar-refractivity contribution in [1.29, 1.82) is 0 Å². The van der Waals surface area contributed by atoms with Crippen LogP contribution in [0.25, 0.3) is 0 Å². The summed E-state index contributed by atoms with van der Waals surface area (Å²) in [6, 6.07) is 4.91. The van der Waals surface area contributed by atoms with E-state index < -0.39 is 29.8 Å². The third kappa shape index (κ3) is 10.2. The molecule has 1 aromatic rings. The predicted molar refractivity (Wildman–Crippen MR) is 138 cm³/mol. The summed E-state index contributed by atoms with van der Waals surface area (Å²) >= 11 is 0. The molecule has 4 N–H and O–H groups in total. The number of benzene rings is 1. The molecule has 1 heterocycles. The van der Waals surface area contributed by atoms with Gasteiger partial charge in [-0.3, -0.25) is 19.2 Å². The molecule has 36 heavy (non-hydrogen) atoms. The SMILES string of the molecule is CC(C)C[C@@H]1NC(=O)C[C@@H](C(=O)NCCCCN(C)C)NC(=O)c2ccccc2OCCCNC1=O. The number of hydrogen-bond donors (Lipinski definition) is 4. The molecule has 0 fully saturated rings. The fourth-order valence-corrected chi connectivity index (χ4v) is 3.84. The predicted octanol–water partition coefficient (Wildman–Crippen LogP) is 1.06. The summed E-state index contributed by atoms with van der Waals surface area (Å²) in [6.07, 6.45) is 2.36. The van der Waals surface area contributed by atoms with Crippen LogP contribution in [-0.4, -0.2) is 80.9 Å². The van der Waals surface area contributed by atoms with E-state index in [1.807, 2.05) is 27.9 Å². The number of para-hydroxylation sites is 1. The molecule has 0 spiro atoms. The average Bonchev–Trinajstić information content (AvgIpc) is 2.82. The Morgan fingerprint density at radius 2 is 1.89 bits per heavy atom. The molecule has 0 unspecified atom stereocenters. The number of carbonyl (C=O) groups is 4. The van der Waals surface area contributed by atoms with E-state index in [-0.39, 0.29) is 23.8 Å². The van der Waals surface area contributed by atoms with Gasteiger partial charge in [0, 0.05) is 13.1 Å². The molecule has 10 nitrogen and oxygen atoms in total. The zero-order valence-electron chi connectivity index (χ0n) is 21.9. The highest BCUT2D eigenvalue weighted by molar-refractivity contribution is 6.01. The Kier molecular flexibility index (Phi) is 12.2. The average molecular weight is 504 g/mol. The Morgan fingerprint density at radius 1 is 1.14 bits per heavy atom. The topological polar surface area (TPSA) is 129 Å². The van der Waals surface area contributed by atoms with E-state index in [1.54, 1.807) is 24.3 Å². The van der Waals surface area contributed by atoms with Crippen LogP contribution in [-0.2, 0) is 14.4 Å². The zero-order valence-corrected chi connectivity index (χ0v) is 21.9. The largest absolute Gasteiger partial charge is 0.493 e. The molecular weight excluding hydrogens is 462 g/mol. The first kappa shape index (κ1) is 29.1. The van der Waals surface area contributed by atoms with Gasteiger partial charge in [-0.25, -0.2) is 0 Å². The molecule has 0 saturated heterocycles. The van der Waals surface area contributed by atoms with E-state index in [0.29, 0.717) is 38.3 Å². The van der Waals surface area contributed by atoms with Gasteiger partial charge in [0.05, 0.1) is 18.6 Å². The first-order chi connectivity index (χ1) is 17.2. The van der Waals surface area contributed by atoms with Crippen LogP contribution in [0.4, 0.5) is 0 Å². The number of ether oxygens (including phenoxy) is 1. The lowest BCUT2D eigenvalue weighted by Crippen LogP contribution is -2.52. The second-order valence-electron chi connectivity index (χ2n) is 9.77. The van der Waals surface area contributed by atoms with Crippen LogP contribution in [0.3, 0.4) is 0 Å². The molecule has 1 aliphatic rings. The number of hydrogen-bond acceptors (Lipinski definition) is 6. The Labute approximate surface area is 213 Å². The second kappa shape index (κ2) is 15.1. The van der Waals surface area contributed by atoms with Crippen molar-refractivity contribution in [1.82, 2.24) is 26.2 Å². The number of unbranched alkanes of at least 4 members (excludes halogenated alkanes) is 1. The fourth-order valence-electron chi connectivity index (χ4n) is 3.84. The summed E-state index contributed by atoms with van der Waals surface area (Å²) in [4.78, 5) is 53.8. The molecule has 0 saturated carbocycles. The van der Waals surface area contributed by atoms with Gasteiger partial charge in [0.1, 0.15) is 17.8 Å². The molecule has 10 heteroatoms. The van der Waals surface area contributed by atoms with E-state index >= 15 is 0 Å². The number of amides is 4. The van der Waals surface area contributed by atoms with Crippen molar-refractivity contribution in [3.05, 3.63) is 29.8 Å². The van der Waals surface area contributed by atoms with Gasteiger partial charge in [-0.05, 0) is 64.4 Å². The van der Waals surface area contributed by atoms with Crippen molar-refractivity contribution in [3.8, 4) is 5.75 Å². The minimum atomic E-state index is -1.10. The first-order valence-electron chi connectivity index (χ1n) is 12.7. The van der Waals surface area contributed by atoms with Crippen LogP contribution in [0.1, 0.15) is 56.3 Å². The number of fused-ring (bicyclic) bond motifs is 1. The summed E-state index contributed by atoms with van der Waals surface area (Å²) in [5.41, 5.74) is 0.276. The Hall–Kier alpha value is -3.14. The number of nitrogens with zero attached hydrogens (tertiary/aromatic N) is 1. The summed E-state index contributed by atoms with van der Waals surface area (Å²) in [5.74, 6) is -1.17. The van der Waals surface area contributed by atoms with Crippen molar-refractivity contribution >= 4 is 23.6 Å². The molecule has 1 aliphatic heterocycles. The number of nitrogens with one attached hydrogen (secondary N) is 4. The van der Waals surface area contributed by atoms with Gasteiger partial charge in [-0.2, -0.15) is 0 Å². The van der Waals surface area contributed by atoms with E-state index in [2.05, 4.69) is 26.2 Å². The van der Waals surface area contributed by atoms with Gasteiger partial charge in [0.2, 0.25) is 17.7 Å². The monoisotopic (exact) mass is 503 g/mol. The van der Waals surface area contributed by atoms with Crippen LogP contribution >= 0.6 is 0 Å². The summed E-state index contributed by atoms with van der Waals surface area (Å²) in [6.45, 7) is 5.92. The maximum atomic E-state index is 13.1. The van der Waals surface area contributed by atoms with Crippen molar-refractivity contribution in [2.75, 3.05) is 40.3 Å². The van der Waals surface area contributed by atoms with Crippen LogP contribution in [0.15, 0.2) is 24.3 Å². The number of carbonyl (C=O) groups excluding carboxylic acids is 4. The van der Waals surface area contributed by atoms with Crippen LogP contribution in [0.5, 0.6) is 5.75 Å². The van der Waals surface area contributed by atoms with E-state index in [9.17, 15) is 19.2 Å². The van der Waals surface area contributed by atoms with Gasteiger partial charge in [-0.15, -0.1) is 0 Å². The lowest BCUT2D eigenvalue weighted by Gasteiger charge is -2.22. The molecule has 0 radical (unpaired) electrons. The maximum Gasteiger partial charge on any atom is 0.255 e. The maximum absolute atomic E-state index is 13.1. The minimum absolute atomic E-state index is 0.168. The fraction of sp³-hybridized carbons (Fsp3) is 0.615. The first-order valence-corrected chi connectivity index (χ1v) is 12.7.